The Morgan fingerprint density at radius 2 is 1.95 bits per heavy atom. The van der Waals surface area contributed by atoms with Crippen LogP contribution in [0.5, 0.6) is 5.75 Å². The Bertz CT molecular complexity index is 587. The van der Waals surface area contributed by atoms with Gasteiger partial charge in [-0.1, -0.05) is 18.2 Å². The Labute approximate surface area is 121 Å². The van der Waals surface area contributed by atoms with E-state index < -0.39 is 0 Å². The zero-order valence-corrected chi connectivity index (χ0v) is 11.9. The molecule has 2 rings (SSSR count). The first-order valence-corrected chi connectivity index (χ1v) is 7.21. The highest BCUT2D eigenvalue weighted by Crippen LogP contribution is 2.23. The molecule has 0 spiro atoms. The average molecular weight is 289 g/mol. The van der Waals surface area contributed by atoms with E-state index in [-0.39, 0.29) is 10.6 Å². The highest BCUT2D eigenvalue weighted by atomic mass is 32.2. The molecule has 0 bridgehead atoms. The molecule has 0 aromatic heterocycles. The SMILES string of the molecule is Cc1cc(OCCSc2ccccc2)ccc1[N+](=O)[O-]. The van der Waals surface area contributed by atoms with Crippen molar-refractivity contribution in [3.05, 3.63) is 64.2 Å². The van der Waals surface area contributed by atoms with Crippen LogP contribution in [0.4, 0.5) is 5.69 Å². The van der Waals surface area contributed by atoms with Gasteiger partial charge in [-0.25, -0.2) is 0 Å². The van der Waals surface area contributed by atoms with E-state index in [9.17, 15) is 10.1 Å². The zero-order valence-electron chi connectivity index (χ0n) is 11.1. The first-order chi connectivity index (χ1) is 9.66. The van der Waals surface area contributed by atoms with E-state index in [1.165, 1.54) is 11.0 Å². The number of hydrogen-bond acceptors (Lipinski definition) is 4. The summed E-state index contributed by atoms with van der Waals surface area (Å²) in [5.41, 5.74) is 0.735. The lowest BCUT2D eigenvalue weighted by molar-refractivity contribution is -0.385. The monoisotopic (exact) mass is 289 g/mol. The third kappa shape index (κ3) is 3.99. The molecule has 0 N–H and O–H groups in total. The largest absolute Gasteiger partial charge is 0.493 e. The molecule has 0 amide bonds. The lowest BCUT2D eigenvalue weighted by atomic mass is 10.2. The Balaban J connectivity index is 1.83. The molecule has 0 unspecified atom stereocenters. The second kappa shape index (κ2) is 6.96. The number of nitro benzene ring substituents is 1. The molecule has 0 heterocycles. The number of ether oxygens (including phenoxy) is 1. The fraction of sp³-hybridized carbons (Fsp3) is 0.200. The van der Waals surface area contributed by atoms with Gasteiger partial charge in [0.05, 0.1) is 11.5 Å². The quantitative estimate of drug-likeness (QED) is 0.348. The third-order valence-corrected chi connectivity index (χ3v) is 3.71. The number of thioether (sulfide) groups is 1. The molecule has 0 saturated heterocycles. The molecule has 2 aromatic rings. The van der Waals surface area contributed by atoms with Crippen molar-refractivity contribution in [3.8, 4) is 5.75 Å². The molecule has 0 aliphatic rings. The normalized spacial score (nSPS) is 10.2. The highest BCUT2D eigenvalue weighted by molar-refractivity contribution is 7.99. The van der Waals surface area contributed by atoms with Crippen molar-refractivity contribution >= 4 is 17.4 Å². The smallest absolute Gasteiger partial charge is 0.272 e. The first-order valence-electron chi connectivity index (χ1n) is 6.22. The van der Waals surface area contributed by atoms with E-state index in [0.717, 1.165) is 5.75 Å². The molecule has 0 saturated carbocycles. The van der Waals surface area contributed by atoms with Crippen molar-refractivity contribution in [3.63, 3.8) is 0 Å². The van der Waals surface area contributed by atoms with E-state index in [1.807, 2.05) is 18.2 Å². The first kappa shape index (κ1) is 14.4. The van der Waals surface area contributed by atoms with Crippen LogP contribution in [0.1, 0.15) is 5.56 Å². The molecule has 0 aliphatic carbocycles. The number of benzene rings is 2. The third-order valence-electron chi connectivity index (χ3n) is 2.73. The summed E-state index contributed by atoms with van der Waals surface area (Å²) in [5.74, 6) is 1.50. The van der Waals surface area contributed by atoms with Crippen LogP contribution in [-0.2, 0) is 0 Å². The van der Waals surface area contributed by atoms with Gasteiger partial charge in [-0.3, -0.25) is 10.1 Å². The zero-order chi connectivity index (χ0) is 14.4. The molecule has 0 aliphatic heterocycles. The molecule has 20 heavy (non-hydrogen) atoms. The summed E-state index contributed by atoms with van der Waals surface area (Å²) in [4.78, 5) is 11.5. The minimum atomic E-state index is -0.385. The van der Waals surface area contributed by atoms with Crippen molar-refractivity contribution in [2.45, 2.75) is 11.8 Å². The van der Waals surface area contributed by atoms with Gasteiger partial charge in [0.2, 0.25) is 0 Å². The van der Waals surface area contributed by atoms with Crippen LogP contribution in [0, 0.1) is 17.0 Å². The molecule has 0 atom stereocenters. The van der Waals surface area contributed by atoms with E-state index in [0.29, 0.717) is 17.9 Å². The molecular weight excluding hydrogens is 274 g/mol. The molecular formula is C15H15NO3S. The standard InChI is InChI=1S/C15H15NO3S/c1-12-11-13(7-8-15(12)16(17)18)19-9-10-20-14-5-3-2-4-6-14/h2-8,11H,9-10H2,1H3. The van der Waals surface area contributed by atoms with E-state index in [4.69, 9.17) is 4.74 Å². The number of rotatable bonds is 6. The molecule has 0 fully saturated rings. The molecule has 104 valence electrons. The van der Waals surface area contributed by atoms with Crippen molar-refractivity contribution < 1.29 is 9.66 Å². The fourth-order valence-corrected chi connectivity index (χ4v) is 2.51. The summed E-state index contributed by atoms with van der Waals surface area (Å²) in [5, 5.41) is 10.7. The summed E-state index contributed by atoms with van der Waals surface area (Å²) in [6.07, 6.45) is 0. The number of hydrogen-bond donors (Lipinski definition) is 0. The average Bonchev–Trinajstić information content (AvgIpc) is 2.44. The van der Waals surface area contributed by atoms with Crippen LogP contribution in [0.25, 0.3) is 0 Å². The number of nitrogens with zero attached hydrogens (tertiary/aromatic N) is 1. The van der Waals surface area contributed by atoms with Gasteiger partial charge in [-0.2, -0.15) is 0 Å². The van der Waals surface area contributed by atoms with Gasteiger partial charge in [0.1, 0.15) is 5.75 Å². The second-order valence-corrected chi connectivity index (χ2v) is 5.38. The van der Waals surface area contributed by atoms with Crippen molar-refractivity contribution in [2.24, 2.45) is 0 Å². The van der Waals surface area contributed by atoms with Crippen molar-refractivity contribution in [2.75, 3.05) is 12.4 Å². The van der Waals surface area contributed by atoms with Crippen LogP contribution in [0.2, 0.25) is 0 Å². The molecule has 2 aromatic carbocycles. The van der Waals surface area contributed by atoms with Crippen LogP contribution in [0.3, 0.4) is 0 Å². The van der Waals surface area contributed by atoms with Crippen molar-refractivity contribution in [1.29, 1.82) is 0 Å². The summed E-state index contributed by atoms with van der Waals surface area (Å²) >= 11 is 1.72. The maximum atomic E-state index is 10.7. The molecule has 4 nitrogen and oxygen atoms in total. The maximum Gasteiger partial charge on any atom is 0.272 e. The van der Waals surface area contributed by atoms with Gasteiger partial charge in [0.15, 0.2) is 0 Å². The summed E-state index contributed by atoms with van der Waals surface area (Å²) in [7, 11) is 0. The topological polar surface area (TPSA) is 52.4 Å². The number of nitro groups is 1. The van der Waals surface area contributed by atoms with E-state index in [1.54, 1.807) is 30.8 Å². The Morgan fingerprint density at radius 1 is 1.20 bits per heavy atom. The van der Waals surface area contributed by atoms with Crippen molar-refractivity contribution in [1.82, 2.24) is 0 Å². The Hall–Kier alpha value is -2.01. The van der Waals surface area contributed by atoms with Gasteiger partial charge in [0.25, 0.3) is 5.69 Å². The summed E-state index contributed by atoms with van der Waals surface area (Å²) < 4.78 is 5.60. The van der Waals surface area contributed by atoms with Gasteiger partial charge in [0, 0.05) is 22.3 Å². The van der Waals surface area contributed by atoms with Gasteiger partial charge >= 0.3 is 0 Å². The van der Waals surface area contributed by atoms with Crippen LogP contribution >= 0.6 is 11.8 Å². The second-order valence-electron chi connectivity index (χ2n) is 4.22. The van der Waals surface area contributed by atoms with Crippen LogP contribution < -0.4 is 4.74 Å². The lowest BCUT2D eigenvalue weighted by Crippen LogP contribution is -2.01. The number of aryl methyl sites for hydroxylation is 1. The van der Waals surface area contributed by atoms with E-state index >= 15 is 0 Å². The molecule has 5 heteroatoms. The van der Waals surface area contributed by atoms with Crippen LogP contribution in [-0.4, -0.2) is 17.3 Å². The van der Waals surface area contributed by atoms with Gasteiger partial charge in [-0.05, 0) is 31.2 Å². The Kier molecular flexibility index (Phi) is 5.01. The van der Waals surface area contributed by atoms with Crippen LogP contribution in [0.15, 0.2) is 53.4 Å². The minimum Gasteiger partial charge on any atom is -0.493 e. The van der Waals surface area contributed by atoms with Gasteiger partial charge in [-0.15, -0.1) is 11.8 Å². The minimum absolute atomic E-state index is 0.121. The summed E-state index contributed by atoms with van der Waals surface area (Å²) in [6.45, 7) is 2.28. The Morgan fingerprint density at radius 3 is 2.60 bits per heavy atom. The highest BCUT2D eigenvalue weighted by Gasteiger charge is 2.10. The molecule has 0 radical (unpaired) electrons. The summed E-state index contributed by atoms with van der Waals surface area (Å²) in [6, 6.07) is 14.9. The lowest BCUT2D eigenvalue weighted by Gasteiger charge is -2.07. The predicted molar refractivity (Wildman–Crippen MR) is 80.5 cm³/mol. The predicted octanol–water partition coefficient (Wildman–Crippen LogP) is 4.07. The fourth-order valence-electron chi connectivity index (χ4n) is 1.76. The van der Waals surface area contributed by atoms with Gasteiger partial charge < -0.3 is 4.74 Å². The van der Waals surface area contributed by atoms with E-state index in [2.05, 4.69) is 12.1 Å². The maximum absolute atomic E-state index is 10.7.